The molecule has 1 amide bonds. The predicted octanol–water partition coefficient (Wildman–Crippen LogP) is 2.96. The van der Waals surface area contributed by atoms with Crippen molar-refractivity contribution in [3.8, 4) is 5.75 Å². The van der Waals surface area contributed by atoms with Gasteiger partial charge < -0.3 is 19.0 Å². The van der Waals surface area contributed by atoms with Crippen molar-refractivity contribution in [2.75, 3.05) is 64.4 Å². The first-order valence-electron chi connectivity index (χ1n) is 12.3. The third-order valence-electron chi connectivity index (χ3n) is 6.87. The first kappa shape index (κ1) is 23.4. The summed E-state index contributed by atoms with van der Waals surface area (Å²) >= 11 is 0. The van der Waals surface area contributed by atoms with Crippen molar-refractivity contribution in [1.29, 1.82) is 0 Å². The summed E-state index contributed by atoms with van der Waals surface area (Å²) in [5.41, 5.74) is 2.82. The molecule has 0 bridgehead atoms. The molecule has 3 aromatic rings. The number of benzene rings is 2. The summed E-state index contributed by atoms with van der Waals surface area (Å²) in [5, 5.41) is 0. The van der Waals surface area contributed by atoms with Crippen molar-refractivity contribution < 1.29 is 13.9 Å². The van der Waals surface area contributed by atoms with Crippen LogP contribution in [0.5, 0.6) is 5.75 Å². The summed E-state index contributed by atoms with van der Waals surface area (Å²) in [4.78, 5) is 26.4. The Morgan fingerprint density at radius 1 is 0.857 bits per heavy atom. The molecular weight excluding hydrogens is 442 g/mol. The van der Waals surface area contributed by atoms with Gasteiger partial charge >= 0.3 is 0 Å². The zero-order chi connectivity index (χ0) is 24.0. The lowest BCUT2D eigenvalue weighted by Gasteiger charge is -2.35. The van der Waals surface area contributed by atoms with E-state index in [9.17, 15) is 4.79 Å². The SMILES string of the molecule is COc1ccccc1CN1CCN(Cc2nc(C(=O)N3CCN(c4ccccc4)CC3)co2)CC1. The maximum Gasteiger partial charge on any atom is 0.275 e. The number of hydrogen-bond acceptors (Lipinski definition) is 7. The zero-order valence-electron chi connectivity index (χ0n) is 20.3. The molecule has 8 heteroatoms. The molecule has 0 spiro atoms. The number of oxazole rings is 1. The van der Waals surface area contributed by atoms with Crippen LogP contribution in [0.1, 0.15) is 21.9 Å². The van der Waals surface area contributed by atoms with Crippen LogP contribution in [-0.2, 0) is 13.1 Å². The van der Waals surface area contributed by atoms with Gasteiger partial charge in [0.25, 0.3) is 5.91 Å². The number of carbonyl (C=O) groups excluding carboxylic acids is 1. The molecule has 2 fully saturated rings. The van der Waals surface area contributed by atoms with Gasteiger partial charge in [0, 0.05) is 70.2 Å². The molecule has 2 aliphatic rings. The minimum atomic E-state index is -0.0469. The minimum absolute atomic E-state index is 0.0469. The fraction of sp³-hybridized carbons (Fsp3) is 0.407. The summed E-state index contributed by atoms with van der Waals surface area (Å²) in [6.07, 6.45) is 1.51. The summed E-state index contributed by atoms with van der Waals surface area (Å²) in [6, 6.07) is 18.5. The second-order valence-electron chi connectivity index (χ2n) is 9.11. The lowest BCUT2D eigenvalue weighted by atomic mass is 10.1. The van der Waals surface area contributed by atoms with Crippen LogP contribution in [-0.4, -0.2) is 85.1 Å². The van der Waals surface area contributed by atoms with Gasteiger partial charge in [-0.05, 0) is 18.2 Å². The Hall–Kier alpha value is -3.36. The maximum atomic E-state index is 13.0. The monoisotopic (exact) mass is 475 g/mol. The average molecular weight is 476 g/mol. The molecule has 35 heavy (non-hydrogen) atoms. The number of methoxy groups -OCH3 is 1. The molecule has 2 saturated heterocycles. The number of piperazine rings is 2. The van der Waals surface area contributed by atoms with Crippen LogP contribution in [0.2, 0.25) is 0 Å². The molecule has 0 saturated carbocycles. The van der Waals surface area contributed by atoms with E-state index in [2.05, 4.69) is 43.9 Å². The highest BCUT2D eigenvalue weighted by Crippen LogP contribution is 2.21. The molecule has 3 heterocycles. The number of hydrogen-bond donors (Lipinski definition) is 0. The Morgan fingerprint density at radius 3 is 2.23 bits per heavy atom. The number of aromatic nitrogens is 1. The van der Waals surface area contributed by atoms with Gasteiger partial charge in [0.2, 0.25) is 5.89 Å². The van der Waals surface area contributed by atoms with Crippen molar-refractivity contribution in [3.05, 3.63) is 78.0 Å². The quantitative estimate of drug-likeness (QED) is 0.521. The van der Waals surface area contributed by atoms with Crippen molar-refractivity contribution in [2.45, 2.75) is 13.1 Å². The van der Waals surface area contributed by atoms with E-state index in [1.165, 1.54) is 17.5 Å². The second kappa shape index (κ2) is 10.9. The van der Waals surface area contributed by atoms with E-state index in [4.69, 9.17) is 9.15 Å². The summed E-state index contributed by atoms with van der Waals surface area (Å²) in [5.74, 6) is 1.50. The normalized spacial score (nSPS) is 17.5. The standard InChI is InChI=1S/C27H33N5O3/c1-34-25-10-6-5-7-22(25)19-29-11-13-30(14-12-29)20-26-28-24(21-35-26)27(33)32-17-15-31(16-18-32)23-8-3-2-4-9-23/h2-10,21H,11-20H2,1H3. The van der Waals surface area contributed by atoms with E-state index in [-0.39, 0.29) is 5.91 Å². The fourth-order valence-corrected chi connectivity index (χ4v) is 4.82. The summed E-state index contributed by atoms with van der Waals surface area (Å²) in [6.45, 7) is 8.31. The van der Waals surface area contributed by atoms with Gasteiger partial charge in [0.05, 0.1) is 13.7 Å². The molecule has 184 valence electrons. The largest absolute Gasteiger partial charge is 0.496 e. The molecule has 0 N–H and O–H groups in total. The first-order chi connectivity index (χ1) is 17.2. The molecule has 2 aromatic carbocycles. The van der Waals surface area contributed by atoms with E-state index in [1.54, 1.807) is 7.11 Å². The Labute approximate surface area is 206 Å². The molecule has 8 nitrogen and oxygen atoms in total. The highest BCUT2D eigenvalue weighted by molar-refractivity contribution is 5.92. The van der Waals surface area contributed by atoms with Gasteiger partial charge in [-0.15, -0.1) is 0 Å². The number of nitrogens with zero attached hydrogens (tertiary/aromatic N) is 5. The van der Waals surface area contributed by atoms with Crippen molar-refractivity contribution in [3.63, 3.8) is 0 Å². The Kier molecular flexibility index (Phi) is 7.30. The fourth-order valence-electron chi connectivity index (χ4n) is 4.82. The molecule has 0 atom stereocenters. The van der Waals surface area contributed by atoms with Gasteiger partial charge in [-0.2, -0.15) is 0 Å². The number of amides is 1. The predicted molar refractivity (Wildman–Crippen MR) is 135 cm³/mol. The average Bonchev–Trinajstić information content (AvgIpc) is 3.39. The number of rotatable bonds is 7. The van der Waals surface area contributed by atoms with Crippen molar-refractivity contribution >= 4 is 11.6 Å². The number of para-hydroxylation sites is 2. The van der Waals surface area contributed by atoms with Crippen LogP contribution >= 0.6 is 0 Å². The van der Waals surface area contributed by atoms with Gasteiger partial charge in [-0.3, -0.25) is 14.6 Å². The number of ether oxygens (including phenoxy) is 1. The Balaban J connectivity index is 1.09. The Morgan fingerprint density at radius 2 is 1.51 bits per heavy atom. The maximum absolute atomic E-state index is 13.0. The number of anilines is 1. The van der Waals surface area contributed by atoms with Crippen LogP contribution in [0, 0.1) is 0 Å². The molecular formula is C27H33N5O3. The van der Waals surface area contributed by atoms with Crippen LogP contribution in [0.3, 0.4) is 0 Å². The highest BCUT2D eigenvalue weighted by atomic mass is 16.5. The van der Waals surface area contributed by atoms with E-state index in [1.807, 2.05) is 35.2 Å². The van der Waals surface area contributed by atoms with Crippen LogP contribution in [0.4, 0.5) is 5.69 Å². The van der Waals surface area contributed by atoms with Crippen LogP contribution in [0.25, 0.3) is 0 Å². The van der Waals surface area contributed by atoms with Crippen LogP contribution < -0.4 is 9.64 Å². The highest BCUT2D eigenvalue weighted by Gasteiger charge is 2.25. The molecule has 5 rings (SSSR count). The van der Waals surface area contributed by atoms with Crippen molar-refractivity contribution in [2.24, 2.45) is 0 Å². The third kappa shape index (κ3) is 5.66. The van der Waals surface area contributed by atoms with Crippen LogP contribution in [0.15, 0.2) is 65.3 Å². The second-order valence-corrected chi connectivity index (χ2v) is 9.11. The third-order valence-corrected chi connectivity index (χ3v) is 6.87. The smallest absolute Gasteiger partial charge is 0.275 e. The van der Waals surface area contributed by atoms with Gasteiger partial charge in [-0.1, -0.05) is 36.4 Å². The van der Waals surface area contributed by atoms with E-state index < -0.39 is 0 Å². The van der Waals surface area contributed by atoms with E-state index in [0.717, 1.165) is 51.6 Å². The minimum Gasteiger partial charge on any atom is -0.496 e. The molecule has 0 radical (unpaired) electrons. The molecule has 2 aliphatic heterocycles. The van der Waals surface area contributed by atoms with E-state index in [0.29, 0.717) is 31.2 Å². The summed E-state index contributed by atoms with van der Waals surface area (Å²) in [7, 11) is 1.72. The number of carbonyl (C=O) groups is 1. The molecule has 0 aliphatic carbocycles. The Bertz CT molecular complexity index is 1100. The molecule has 1 aromatic heterocycles. The van der Waals surface area contributed by atoms with Gasteiger partial charge in [0.15, 0.2) is 5.69 Å². The first-order valence-corrected chi connectivity index (χ1v) is 12.3. The summed E-state index contributed by atoms with van der Waals surface area (Å²) < 4.78 is 11.2. The molecule has 0 unspecified atom stereocenters. The van der Waals surface area contributed by atoms with Gasteiger partial charge in [-0.25, -0.2) is 4.98 Å². The van der Waals surface area contributed by atoms with Crippen molar-refractivity contribution in [1.82, 2.24) is 19.7 Å². The van der Waals surface area contributed by atoms with E-state index >= 15 is 0 Å². The lowest BCUT2D eigenvalue weighted by molar-refractivity contribution is 0.0740. The topological polar surface area (TPSA) is 65.3 Å². The zero-order valence-corrected chi connectivity index (χ0v) is 20.3. The lowest BCUT2D eigenvalue weighted by Crippen LogP contribution is -2.48. The van der Waals surface area contributed by atoms with Gasteiger partial charge in [0.1, 0.15) is 12.0 Å².